The smallest absolute Gasteiger partial charge is 0.212 e. The van der Waals surface area contributed by atoms with Crippen molar-refractivity contribution < 1.29 is 5.76 Å². The Morgan fingerprint density at radius 2 is 1.95 bits per heavy atom. The molecule has 0 unspecified atom stereocenters. The second kappa shape index (κ2) is 11.2. The zero-order valence-electron chi connectivity index (χ0n) is 23.4. The Hall–Kier alpha value is -5.12. The first kappa shape index (κ1) is 24.9. The SMILES string of the molecule is [2H][C@](Nc1cc(C#N)c2ncc(C#C)c(N[C@H](CC)c3ccccc3)c2c1)(C1=CN(C2CC2)NN1)c1ccc(F)nc1. The minimum Gasteiger partial charge on any atom is -0.377 e. The molecule has 1 aliphatic heterocycles. The average molecular weight is 546 g/mol. The Labute approximate surface area is 239 Å². The molecule has 2 atom stereocenters. The van der Waals surface area contributed by atoms with Gasteiger partial charge in [-0.2, -0.15) is 9.65 Å². The van der Waals surface area contributed by atoms with Gasteiger partial charge in [0.2, 0.25) is 5.95 Å². The summed E-state index contributed by atoms with van der Waals surface area (Å²) < 4.78 is 23.4. The molecule has 0 saturated heterocycles. The van der Waals surface area contributed by atoms with Crippen LogP contribution in [0.1, 0.15) is 61.9 Å². The summed E-state index contributed by atoms with van der Waals surface area (Å²) in [6.07, 6.45) is 13.6. The summed E-state index contributed by atoms with van der Waals surface area (Å²) in [6.45, 7) is 2.09. The lowest BCUT2D eigenvalue weighted by molar-refractivity contribution is 0.260. The zero-order chi connectivity index (χ0) is 29.3. The van der Waals surface area contributed by atoms with Gasteiger partial charge in [0.1, 0.15) is 6.07 Å². The molecule has 2 aromatic carbocycles. The maximum atomic E-state index is 13.8. The number of aromatic nitrogens is 2. The number of hydrazine groups is 2. The molecule has 2 aliphatic rings. The van der Waals surface area contributed by atoms with Crippen molar-refractivity contribution in [2.24, 2.45) is 0 Å². The highest BCUT2D eigenvalue weighted by Gasteiger charge is 2.32. The van der Waals surface area contributed by atoms with E-state index >= 15 is 0 Å². The van der Waals surface area contributed by atoms with E-state index in [9.17, 15) is 11.0 Å². The van der Waals surface area contributed by atoms with Gasteiger partial charge in [0, 0.05) is 35.7 Å². The zero-order valence-corrected chi connectivity index (χ0v) is 22.4. The predicted molar refractivity (Wildman–Crippen MR) is 157 cm³/mol. The van der Waals surface area contributed by atoms with Crippen molar-refractivity contribution in [2.75, 3.05) is 10.6 Å². The van der Waals surface area contributed by atoms with Crippen LogP contribution in [0, 0.1) is 29.6 Å². The summed E-state index contributed by atoms with van der Waals surface area (Å²) in [5.74, 6) is 2.09. The fourth-order valence-electron chi connectivity index (χ4n) is 4.97. The van der Waals surface area contributed by atoms with Gasteiger partial charge in [0.25, 0.3) is 0 Å². The molecule has 0 amide bonds. The van der Waals surface area contributed by atoms with Crippen molar-refractivity contribution in [1.29, 1.82) is 5.26 Å². The Morgan fingerprint density at radius 3 is 2.63 bits per heavy atom. The highest BCUT2D eigenvalue weighted by atomic mass is 19.1. The van der Waals surface area contributed by atoms with Crippen LogP contribution in [-0.4, -0.2) is 21.0 Å². The number of rotatable bonds is 9. The molecule has 204 valence electrons. The molecule has 4 aromatic rings. The molecule has 1 saturated carbocycles. The summed E-state index contributed by atoms with van der Waals surface area (Å²) in [7, 11) is 0. The molecule has 6 rings (SSSR count). The second-order valence-electron chi connectivity index (χ2n) is 10.0. The van der Waals surface area contributed by atoms with E-state index in [4.69, 9.17) is 6.42 Å². The normalized spacial score (nSPS) is 16.9. The number of anilines is 2. The van der Waals surface area contributed by atoms with Gasteiger partial charge >= 0.3 is 0 Å². The standard InChI is InChI=1S/C32H29FN8/c1-3-20-17-36-30-23(16-34)14-24(15-26(30)31(20)38-27(4-2)21-8-6-5-7-9-21)37-32(22-10-13-29(33)35-18-22)28-19-41(40-39-28)25-11-12-25/h1,5-10,13-15,17-19,25,27,32,37,39-40H,4,11-12H2,2H3,(H,36,38)/t27-,32-/m1/s1/i32D. The summed E-state index contributed by atoms with van der Waals surface area (Å²) >= 11 is 0. The van der Waals surface area contributed by atoms with E-state index in [1.54, 1.807) is 12.3 Å². The van der Waals surface area contributed by atoms with Crippen LogP contribution in [0.25, 0.3) is 10.9 Å². The molecule has 3 heterocycles. The van der Waals surface area contributed by atoms with Crippen molar-refractivity contribution >= 4 is 22.3 Å². The van der Waals surface area contributed by atoms with Crippen LogP contribution in [0.4, 0.5) is 15.8 Å². The average Bonchev–Trinajstić information content (AvgIpc) is 3.75. The molecule has 8 nitrogen and oxygen atoms in total. The molecule has 0 spiro atoms. The van der Waals surface area contributed by atoms with Crippen LogP contribution in [0.2, 0.25) is 0 Å². The third kappa shape index (κ3) is 5.36. The summed E-state index contributed by atoms with van der Waals surface area (Å²) in [6, 6.07) is 17.2. The highest BCUT2D eigenvalue weighted by Crippen LogP contribution is 2.36. The first-order valence-electron chi connectivity index (χ1n) is 14.0. The molecule has 9 heteroatoms. The van der Waals surface area contributed by atoms with Crippen molar-refractivity contribution in [3.63, 3.8) is 0 Å². The van der Waals surface area contributed by atoms with Gasteiger partial charge in [-0.1, -0.05) is 49.2 Å². The van der Waals surface area contributed by atoms with Crippen LogP contribution in [0.3, 0.4) is 0 Å². The number of pyridine rings is 2. The lowest BCUT2D eigenvalue weighted by Gasteiger charge is -2.23. The van der Waals surface area contributed by atoms with E-state index in [0.717, 1.165) is 24.8 Å². The Morgan fingerprint density at radius 1 is 1.12 bits per heavy atom. The topological polar surface area (TPSA) is 101 Å². The number of nitrogens with one attached hydrogen (secondary N) is 4. The predicted octanol–water partition coefficient (Wildman–Crippen LogP) is 5.67. The highest BCUT2D eigenvalue weighted by molar-refractivity contribution is 5.99. The molecule has 41 heavy (non-hydrogen) atoms. The fourth-order valence-corrected chi connectivity index (χ4v) is 4.97. The first-order valence-corrected chi connectivity index (χ1v) is 13.5. The summed E-state index contributed by atoms with van der Waals surface area (Å²) in [4.78, 5) is 8.34. The number of hydrogen-bond acceptors (Lipinski definition) is 8. The van der Waals surface area contributed by atoms with Gasteiger partial charge in [-0.3, -0.25) is 9.99 Å². The van der Waals surface area contributed by atoms with E-state index in [2.05, 4.69) is 62.6 Å². The molecular weight excluding hydrogens is 515 g/mol. The monoisotopic (exact) mass is 545 g/mol. The largest absolute Gasteiger partial charge is 0.377 e. The number of halogens is 1. The van der Waals surface area contributed by atoms with Gasteiger partial charge in [-0.25, -0.2) is 4.98 Å². The lowest BCUT2D eigenvalue weighted by atomic mass is 10.00. The van der Waals surface area contributed by atoms with Crippen LogP contribution in [-0.2, 0) is 0 Å². The quantitative estimate of drug-likeness (QED) is 0.158. The maximum Gasteiger partial charge on any atom is 0.212 e. The second-order valence-corrected chi connectivity index (χ2v) is 10.0. The number of fused-ring (bicyclic) bond motifs is 1. The number of benzene rings is 2. The van der Waals surface area contributed by atoms with Crippen molar-refractivity contribution in [2.45, 2.75) is 44.3 Å². The number of nitriles is 1. The summed E-state index contributed by atoms with van der Waals surface area (Å²) in [5.41, 5.74) is 10.7. The van der Waals surface area contributed by atoms with Gasteiger partial charge < -0.3 is 16.1 Å². The van der Waals surface area contributed by atoms with E-state index in [0.29, 0.717) is 50.7 Å². The van der Waals surface area contributed by atoms with Crippen LogP contribution >= 0.6 is 0 Å². The summed E-state index contributed by atoms with van der Waals surface area (Å²) in [5, 5.41) is 19.6. The molecule has 0 bridgehead atoms. The van der Waals surface area contributed by atoms with Gasteiger partial charge in [0.05, 0.1) is 41.5 Å². The first-order chi connectivity index (χ1) is 20.4. The van der Waals surface area contributed by atoms with Gasteiger partial charge in [-0.05, 0) is 48.6 Å². The van der Waals surface area contributed by atoms with Crippen molar-refractivity contribution in [3.8, 4) is 18.4 Å². The minimum absolute atomic E-state index is 0.0427. The number of hydrogen-bond donors (Lipinski definition) is 4. The fraction of sp³-hybridized carbons (Fsp3) is 0.219. The Bertz CT molecular complexity index is 1740. The van der Waals surface area contributed by atoms with E-state index in [-0.39, 0.29) is 6.04 Å². The van der Waals surface area contributed by atoms with Crippen LogP contribution < -0.4 is 21.6 Å². The molecule has 2 aromatic heterocycles. The number of nitrogens with zero attached hydrogens (tertiary/aromatic N) is 4. The lowest BCUT2D eigenvalue weighted by Crippen LogP contribution is -2.38. The molecule has 1 fully saturated rings. The Balaban J connectivity index is 1.47. The van der Waals surface area contributed by atoms with Gasteiger partial charge in [-0.15, -0.1) is 12.0 Å². The molecule has 4 N–H and O–H groups in total. The number of terminal acetylenes is 1. The molecule has 1 aliphatic carbocycles. The third-order valence-electron chi connectivity index (χ3n) is 7.26. The maximum absolute atomic E-state index is 13.8. The van der Waals surface area contributed by atoms with E-state index in [1.165, 1.54) is 18.3 Å². The van der Waals surface area contributed by atoms with Gasteiger partial charge in [0.15, 0.2) is 0 Å². The molecular formula is C32H29FN8. The Kier molecular flexibility index (Phi) is 6.78. The molecule has 0 radical (unpaired) electrons. The minimum atomic E-state index is -1.61. The van der Waals surface area contributed by atoms with Crippen LogP contribution in [0.5, 0.6) is 0 Å². The van der Waals surface area contributed by atoms with E-state index in [1.807, 2.05) is 35.5 Å². The van der Waals surface area contributed by atoms with Crippen molar-refractivity contribution in [3.05, 3.63) is 107 Å². The van der Waals surface area contributed by atoms with E-state index < -0.39 is 12.0 Å². The van der Waals surface area contributed by atoms with Crippen molar-refractivity contribution in [1.82, 2.24) is 25.9 Å². The third-order valence-corrected chi connectivity index (χ3v) is 7.26. The van der Waals surface area contributed by atoms with Crippen LogP contribution in [0.15, 0.2) is 78.9 Å².